The van der Waals surface area contributed by atoms with Crippen LogP contribution >= 0.6 is 0 Å². The molecule has 0 aliphatic carbocycles. The number of nitrogens with one attached hydrogen (secondary N) is 2. The maximum atomic E-state index is 13.1. The number of sulfonamides is 1. The molecule has 0 saturated carbocycles. The van der Waals surface area contributed by atoms with Crippen LogP contribution in [0.25, 0.3) is 0 Å². The molecule has 3 rings (SSSR count). The van der Waals surface area contributed by atoms with E-state index < -0.39 is 22.0 Å². The minimum Gasteiger partial charge on any atom is -0.497 e. The highest BCUT2D eigenvalue weighted by atomic mass is 32.2. The number of ether oxygens (including phenoxy) is 1. The third kappa shape index (κ3) is 6.83. The van der Waals surface area contributed by atoms with Crippen LogP contribution in [0.1, 0.15) is 22.8 Å². The van der Waals surface area contributed by atoms with E-state index in [0.717, 1.165) is 16.1 Å². The lowest BCUT2D eigenvalue weighted by molar-refractivity contribution is -0.116. The number of para-hydroxylation sites is 1. The summed E-state index contributed by atoms with van der Waals surface area (Å²) < 4.78 is 31.2. The van der Waals surface area contributed by atoms with Crippen LogP contribution in [0.3, 0.4) is 0 Å². The van der Waals surface area contributed by atoms with E-state index in [1.54, 1.807) is 48.5 Å². The molecular weight excluding hydrogens is 466 g/mol. The van der Waals surface area contributed by atoms with Gasteiger partial charge >= 0.3 is 0 Å². The SMILES string of the molecule is COc1ccc(N(C(C)C(=O)Nc2ccccc2C(=O)NCCc2ccccc2)S(C)(=O)=O)cc1. The molecule has 8 nitrogen and oxygen atoms in total. The first kappa shape index (κ1) is 25.8. The molecule has 0 fully saturated rings. The monoisotopic (exact) mass is 495 g/mol. The van der Waals surface area contributed by atoms with Gasteiger partial charge in [0.05, 0.1) is 30.3 Å². The number of anilines is 2. The van der Waals surface area contributed by atoms with Crippen molar-refractivity contribution in [3.63, 3.8) is 0 Å². The second-order valence-corrected chi connectivity index (χ2v) is 9.82. The van der Waals surface area contributed by atoms with Crippen molar-refractivity contribution in [1.82, 2.24) is 5.32 Å². The van der Waals surface area contributed by atoms with E-state index in [-0.39, 0.29) is 11.5 Å². The van der Waals surface area contributed by atoms with Crippen LogP contribution in [0, 0.1) is 0 Å². The molecule has 0 bridgehead atoms. The van der Waals surface area contributed by atoms with Crippen LogP contribution in [-0.4, -0.2) is 46.2 Å². The summed E-state index contributed by atoms with van der Waals surface area (Å²) in [5.41, 5.74) is 2.01. The van der Waals surface area contributed by atoms with Crippen LogP contribution < -0.4 is 19.7 Å². The molecule has 0 aliphatic heterocycles. The second-order valence-electron chi connectivity index (χ2n) is 7.96. The fourth-order valence-corrected chi connectivity index (χ4v) is 4.80. The van der Waals surface area contributed by atoms with Crippen LogP contribution in [0.5, 0.6) is 5.75 Å². The molecule has 3 aromatic rings. The van der Waals surface area contributed by atoms with Gasteiger partial charge in [-0.25, -0.2) is 8.42 Å². The molecule has 184 valence electrons. The number of amides is 2. The molecule has 3 aromatic carbocycles. The van der Waals surface area contributed by atoms with Crippen LogP contribution in [0.4, 0.5) is 11.4 Å². The highest BCUT2D eigenvalue weighted by Gasteiger charge is 2.29. The fraction of sp³-hybridized carbons (Fsp3) is 0.231. The fourth-order valence-electron chi connectivity index (χ4n) is 3.63. The molecular formula is C26H29N3O5S. The third-order valence-electron chi connectivity index (χ3n) is 5.39. The smallest absolute Gasteiger partial charge is 0.253 e. The summed E-state index contributed by atoms with van der Waals surface area (Å²) in [5, 5.41) is 5.58. The van der Waals surface area contributed by atoms with E-state index in [0.29, 0.717) is 30.1 Å². The topological polar surface area (TPSA) is 105 Å². The van der Waals surface area contributed by atoms with Crippen molar-refractivity contribution in [3.8, 4) is 5.75 Å². The first-order valence-corrected chi connectivity index (χ1v) is 12.9. The lowest BCUT2D eigenvalue weighted by atomic mass is 10.1. The maximum Gasteiger partial charge on any atom is 0.253 e. The first-order chi connectivity index (χ1) is 16.7. The van der Waals surface area contributed by atoms with Crippen molar-refractivity contribution in [3.05, 3.63) is 90.0 Å². The molecule has 1 unspecified atom stereocenters. The van der Waals surface area contributed by atoms with Gasteiger partial charge in [0.25, 0.3) is 5.91 Å². The van der Waals surface area contributed by atoms with Gasteiger partial charge in [-0.15, -0.1) is 0 Å². The number of carbonyl (C=O) groups is 2. The molecule has 2 N–H and O–H groups in total. The number of rotatable bonds is 10. The number of hydrogen-bond donors (Lipinski definition) is 2. The Balaban J connectivity index is 1.74. The Morgan fingerprint density at radius 3 is 2.20 bits per heavy atom. The average molecular weight is 496 g/mol. The predicted octanol–water partition coefficient (Wildman–Crippen LogP) is 3.46. The molecule has 2 amide bonds. The number of nitrogens with zero attached hydrogens (tertiary/aromatic N) is 1. The lowest BCUT2D eigenvalue weighted by Gasteiger charge is -2.28. The zero-order valence-electron chi connectivity index (χ0n) is 19.9. The van der Waals surface area contributed by atoms with E-state index in [2.05, 4.69) is 10.6 Å². The summed E-state index contributed by atoms with van der Waals surface area (Å²) in [6.07, 6.45) is 1.71. The van der Waals surface area contributed by atoms with Crippen molar-refractivity contribution in [2.75, 3.05) is 29.5 Å². The predicted molar refractivity (Wildman–Crippen MR) is 137 cm³/mol. The first-order valence-electron chi connectivity index (χ1n) is 11.1. The van der Waals surface area contributed by atoms with Gasteiger partial charge < -0.3 is 15.4 Å². The number of carbonyl (C=O) groups excluding carboxylic acids is 2. The van der Waals surface area contributed by atoms with Gasteiger partial charge in [-0.2, -0.15) is 0 Å². The number of methoxy groups -OCH3 is 1. The minimum atomic E-state index is -3.79. The molecule has 0 heterocycles. The van der Waals surface area contributed by atoms with E-state index in [4.69, 9.17) is 4.74 Å². The number of benzene rings is 3. The van der Waals surface area contributed by atoms with Crippen molar-refractivity contribution >= 4 is 33.2 Å². The quantitative estimate of drug-likeness (QED) is 0.448. The minimum absolute atomic E-state index is 0.288. The van der Waals surface area contributed by atoms with E-state index >= 15 is 0 Å². The Morgan fingerprint density at radius 1 is 0.943 bits per heavy atom. The van der Waals surface area contributed by atoms with Gasteiger partial charge in [-0.05, 0) is 55.3 Å². The molecule has 35 heavy (non-hydrogen) atoms. The Labute approximate surface area is 206 Å². The zero-order chi connectivity index (χ0) is 25.4. The van der Waals surface area contributed by atoms with Gasteiger partial charge in [-0.3, -0.25) is 13.9 Å². The van der Waals surface area contributed by atoms with Crippen molar-refractivity contribution in [1.29, 1.82) is 0 Å². The Bertz CT molecular complexity index is 1260. The summed E-state index contributed by atoms with van der Waals surface area (Å²) in [6.45, 7) is 1.92. The normalized spacial score (nSPS) is 11.9. The van der Waals surface area contributed by atoms with Crippen LogP contribution in [0.15, 0.2) is 78.9 Å². The van der Waals surface area contributed by atoms with Gasteiger partial charge in [0.1, 0.15) is 11.8 Å². The van der Waals surface area contributed by atoms with Gasteiger partial charge in [0, 0.05) is 6.54 Å². The summed E-state index contributed by atoms with van der Waals surface area (Å²) in [5.74, 6) is -0.345. The zero-order valence-corrected chi connectivity index (χ0v) is 20.7. The third-order valence-corrected chi connectivity index (χ3v) is 6.63. The Kier molecular flexibility index (Phi) is 8.48. The summed E-state index contributed by atoms with van der Waals surface area (Å²) in [4.78, 5) is 25.9. The molecule has 9 heteroatoms. The van der Waals surface area contributed by atoms with E-state index in [9.17, 15) is 18.0 Å². The van der Waals surface area contributed by atoms with E-state index in [1.165, 1.54) is 14.0 Å². The van der Waals surface area contributed by atoms with Gasteiger partial charge in [0.15, 0.2) is 0 Å². The molecule has 0 saturated heterocycles. The lowest BCUT2D eigenvalue weighted by Crippen LogP contribution is -2.45. The van der Waals surface area contributed by atoms with Gasteiger partial charge in [0.2, 0.25) is 15.9 Å². The summed E-state index contributed by atoms with van der Waals surface area (Å²) in [7, 11) is -2.28. The van der Waals surface area contributed by atoms with Crippen LogP contribution in [0.2, 0.25) is 0 Å². The molecule has 0 spiro atoms. The van der Waals surface area contributed by atoms with Crippen molar-refractivity contribution in [2.45, 2.75) is 19.4 Å². The highest BCUT2D eigenvalue weighted by Crippen LogP contribution is 2.25. The molecule has 0 aliphatic rings. The number of hydrogen-bond acceptors (Lipinski definition) is 5. The Hall–Kier alpha value is -3.85. The summed E-state index contributed by atoms with van der Waals surface area (Å²) >= 11 is 0. The van der Waals surface area contributed by atoms with Crippen LogP contribution in [-0.2, 0) is 21.2 Å². The van der Waals surface area contributed by atoms with Crippen molar-refractivity contribution in [2.24, 2.45) is 0 Å². The molecule has 1 atom stereocenters. The largest absolute Gasteiger partial charge is 0.497 e. The standard InChI is InChI=1S/C26H29N3O5S/c1-19(29(35(3,32)33)21-13-15-22(34-2)16-14-21)25(30)28-24-12-8-7-11-23(24)26(31)27-18-17-20-9-5-4-6-10-20/h4-16,19H,17-18H2,1-3H3,(H,27,31)(H,28,30). The van der Waals surface area contributed by atoms with Gasteiger partial charge in [-0.1, -0.05) is 42.5 Å². The van der Waals surface area contributed by atoms with Crippen molar-refractivity contribution < 1.29 is 22.7 Å². The highest BCUT2D eigenvalue weighted by molar-refractivity contribution is 7.92. The molecule has 0 aromatic heterocycles. The van der Waals surface area contributed by atoms with E-state index in [1.807, 2.05) is 30.3 Å². The molecule has 0 radical (unpaired) electrons. The Morgan fingerprint density at radius 2 is 1.57 bits per heavy atom. The average Bonchev–Trinajstić information content (AvgIpc) is 2.84. The second kappa shape index (κ2) is 11.5. The maximum absolute atomic E-state index is 13.1. The summed E-state index contributed by atoms with van der Waals surface area (Å²) in [6, 6.07) is 21.7.